The van der Waals surface area contributed by atoms with Gasteiger partial charge in [0.25, 0.3) is 0 Å². The molecule has 0 saturated carbocycles. The fourth-order valence-corrected chi connectivity index (χ4v) is 7.92. The number of amides is 1. The van der Waals surface area contributed by atoms with E-state index >= 15 is 8.78 Å². The fourth-order valence-electron chi connectivity index (χ4n) is 7.92. The molecule has 0 aliphatic carbocycles. The number of aromatic nitrogens is 8. The molecular weight excluding hydrogens is 733 g/mol. The van der Waals surface area contributed by atoms with Crippen LogP contribution < -0.4 is 14.4 Å². The Kier molecular flexibility index (Phi) is 9.15. The van der Waals surface area contributed by atoms with Crippen LogP contribution >= 0.6 is 0 Å². The van der Waals surface area contributed by atoms with Gasteiger partial charge < -0.3 is 33.3 Å². The van der Waals surface area contributed by atoms with Crippen molar-refractivity contribution in [3.63, 3.8) is 0 Å². The third-order valence-corrected chi connectivity index (χ3v) is 10.4. The van der Waals surface area contributed by atoms with Crippen LogP contribution in [0.3, 0.4) is 0 Å². The summed E-state index contributed by atoms with van der Waals surface area (Å²) in [6.45, 7) is 5.60. The number of hydrogen-bond acceptors (Lipinski definition) is 12. The summed E-state index contributed by atoms with van der Waals surface area (Å²) in [6, 6.07) is 5.62. The molecule has 6 aromatic rings. The van der Waals surface area contributed by atoms with Crippen molar-refractivity contribution < 1.29 is 36.9 Å². The standard InChI is InChI=1S/C38H37F3N10O5/c1-4-54-25-15-48(3)37(52)31-13-24(56-38-42-7-5-29(47-38)26-9-21(39)11-30-33(26)49(17-25)20(2)46-30)16-50(31)35-27-14-45-51(36(27)44-19-43-35)34-28(41)10-22(40)12-32(34)55-23-6-8-53-18-23/h5,7,9-12,14,19,23-25,31H,4,6,8,13,15-18H2,1-3H3/t23?,24-,25-,31-/m0/s1. The smallest absolute Gasteiger partial charge is 0.317 e. The van der Waals surface area contributed by atoms with Crippen molar-refractivity contribution in [2.45, 2.75) is 57.6 Å². The summed E-state index contributed by atoms with van der Waals surface area (Å²) in [5.41, 5.74) is 2.17. The highest BCUT2D eigenvalue weighted by Crippen LogP contribution is 2.37. The van der Waals surface area contributed by atoms with Crippen LogP contribution in [-0.4, -0.2) is 114 Å². The molecule has 4 aromatic heterocycles. The van der Waals surface area contributed by atoms with Crippen LogP contribution in [0.5, 0.6) is 11.8 Å². The van der Waals surface area contributed by atoms with Gasteiger partial charge in [0.15, 0.2) is 17.2 Å². The number of rotatable bonds is 6. The highest BCUT2D eigenvalue weighted by molar-refractivity contribution is 5.93. The number of fused-ring (bicyclic) bond motifs is 6. The van der Waals surface area contributed by atoms with Gasteiger partial charge in [-0.15, -0.1) is 0 Å². The molecule has 15 nitrogen and oxygen atoms in total. The van der Waals surface area contributed by atoms with Crippen LogP contribution in [0.1, 0.15) is 25.6 Å². The lowest BCUT2D eigenvalue weighted by atomic mass is 10.1. The van der Waals surface area contributed by atoms with E-state index in [9.17, 15) is 9.18 Å². The van der Waals surface area contributed by atoms with Crippen LogP contribution in [0.2, 0.25) is 0 Å². The molecule has 2 aromatic carbocycles. The van der Waals surface area contributed by atoms with Crippen molar-refractivity contribution in [2.24, 2.45) is 0 Å². The van der Waals surface area contributed by atoms with Crippen LogP contribution in [0.4, 0.5) is 19.0 Å². The van der Waals surface area contributed by atoms with E-state index in [-0.39, 0.29) is 55.1 Å². The molecule has 290 valence electrons. The van der Waals surface area contributed by atoms with Crippen molar-refractivity contribution >= 4 is 33.8 Å². The Morgan fingerprint density at radius 3 is 2.68 bits per heavy atom. The molecule has 3 aliphatic rings. The predicted molar refractivity (Wildman–Crippen MR) is 195 cm³/mol. The first-order chi connectivity index (χ1) is 27.1. The van der Waals surface area contributed by atoms with Gasteiger partial charge >= 0.3 is 6.01 Å². The molecule has 0 radical (unpaired) electrons. The summed E-state index contributed by atoms with van der Waals surface area (Å²) in [5.74, 6) is -1.45. The molecule has 0 spiro atoms. The number of benzene rings is 2. The van der Waals surface area contributed by atoms with E-state index in [2.05, 4.69) is 25.0 Å². The summed E-state index contributed by atoms with van der Waals surface area (Å²) in [6.07, 6.45) is 3.67. The number of ether oxygens (including phenoxy) is 4. The zero-order valence-corrected chi connectivity index (χ0v) is 30.7. The first kappa shape index (κ1) is 35.8. The maximum atomic E-state index is 15.6. The summed E-state index contributed by atoms with van der Waals surface area (Å²) < 4.78 is 72.4. The summed E-state index contributed by atoms with van der Waals surface area (Å²) in [7, 11) is 1.71. The number of likely N-dealkylation sites (N-methyl/N-ethyl adjacent to an activating group) is 1. The zero-order chi connectivity index (χ0) is 38.7. The van der Waals surface area contributed by atoms with Crippen molar-refractivity contribution in [3.8, 4) is 28.7 Å². The number of aryl methyl sites for hydroxylation is 1. The van der Waals surface area contributed by atoms with E-state index in [4.69, 9.17) is 23.9 Å². The average Bonchev–Trinajstić information content (AvgIpc) is 3.98. The second-order valence-electron chi connectivity index (χ2n) is 14.1. The van der Waals surface area contributed by atoms with Gasteiger partial charge in [-0.3, -0.25) is 4.79 Å². The zero-order valence-electron chi connectivity index (χ0n) is 30.7. The van der Waals surface area contributed by atoms with E-state index in [0.717, 1.165) is 12.1 Å². The Balaban J connectivity index is 1.12. The number of nitrogens with zero attached hydrogens (tertiary/aromatic N) is 10. The number of carbonyl (C=O) groups is 1. The Morgan fingerprint density at radius 2 is 1.86 bits per heavy atom. The van der Waals surface area contributed by atoms with Gasteiger partial charge in [-0.2, -0.15) is 10.1 Å². The largest absolute Gasteiger partial charge is 0.485 e. The molecular formula is C38H37F3N10O5. The highest BCUT2D eigenvalue weighted by atomic mass is 19.1. The van der Waals surface area contributed by atoms with Gasteiger partial charge in [0.2, 0.25) is 5.91 Å². The molecule has 0 N–H and O–H groups in total. The third kappa shape index (κ3) is 6.41. The normalized spacial score (nSPS) is 21.4. The van der Waals surface area contributed by atoms with Crippen molar-refractivity contribution in [3.05, 3.63) is 72.3 Å². The molecule has 4 atom stereocenters. The van der Waals surface area contributed by atoms with Crippen LogP contribution in [-0.2, 0) is 20.8 Å². The number of halogens is 3. The molecule has 4 bridgehead atoms. The Labute approximate surface area is 318 Å². The highest BCUT2D eigenvalue weighted by Gasteiger charge is 2.42. The molecule has 9 rings (SSSR count). The summed E-state index contributed by atoms with van der Waals surface area (Å²) >= 11 is 0. The molecule has 18 heteroatoms. The van der Waals surface area contributed by atoms with Crippen LogP contribution in [0.25, 0.3) is 39.0 Å². The van der Waals surface area contributed by atoms with Gasteiger partial charge in [-0.1, -0.05) is 0 Å². The van der Waals surface area contributed by atoms with E-state index in [1.807, 2.05) is 23.3 Å². The number of imidazole rings is 1. The number of carbonyl (C=O) groups excluding carboxylic acids is 1. The molecule has 3 aliphatic heterocycles. The topological polar surface area (TPSA) is 148 Å². The van der Waals surface area contributed by atoms with Gasteiger partial charge in [0.05, 0.1) is 60.7 Å². The monoisotopic (exact) mass is 770 g/mol. The van der Waals surface area contributed by atoms with Gasteiger partial charge in [-0.05, 0) is 26.0 Å². The first-order valence-electron chi connectivity index (χ1n) is 18.4. The molecule has 2 fully saturated rings. The molecule has 56 heavy (non-hydrogen) atoms. The summed E-state index contributed by atoms with van der Waals surface area (Å²) in [4.78, 5) is 40.8. The van der Waals surface area contributed by atoms with Gasteiger partial charge in [-0.25, -0.2) is 37.8 Å². The minimum absolute atomic E-state index is 0.0452. The number of anilines is 1. The molecule has 1 amide bonds. The molecule has 2 saturated heterocycles. The second kappa shape index (κ2) is 14.3. The second-order valence-corrected chi connectivity index (χ2v) is 14.1. The quantitative estimate of drug-likeness (QED) is 0.236. The predicted octanol–water partition coefficient (Wildman–Crippen LogP) is 4.42. The van der Waals surface area contributed by atoms with Crippen molar-refractivity contribution in [2.75, 3.05) is 44.9 Å². The SMILES string of the molecule is CCO[C@H]1CN(C)C(=O)[C@@H]2C[C@@H](CN2c2ncnc3c2cnn3-c2c(F)cc(F)cc2OC2CCOC2)Oc2nccc(n2)-c2cc(F)cc3nc(C)n(c23)C1. The first-order valence-corrected chi connectivity index (χ1v) is 18.4. The molecule has 1 unspecified atom stereocenters. The lowest BCUT2D eigenvalue weighted by Crippen LogP contribution is -2.47. The lowest BCUT2D eigenvalue weighted by Gasteiger charge is -2.31. The maximum Gasteiger partial charge on any atom is 0.317 e. The van der Waals surface area contributed by atoms with Crippen LogP contribution in [0.15, 0.2) is 49.1 Å². The Morgan fingerprint density at radius 1 is 1.00 bits per heavy atom. The summed E-state index contributed by atoms with van der Waals surface area (Å²) in [5, 5.41) is 4.88. The Hall–Kier alpha value is -5.88. The van der Waals surface area contributed by atoms with E-state index < -0.39 is 41.8 Å². The lowest BCUT2D eigenvalue weighted by molar-refractivity contribution is -0.133. The van der Waals surface area contributed by atoms with E-state index in [1.54, 1.807) is 24.2 Å². The Bertz CT molecular complexity index is 2470. The third-order valence-electron chi connectivity index (χ3n) is 10.4. The van der Waals surface area contributed by atoms with E-state index in [0.29, 0.717) is 65.5 Å². The van der Waals surface area contributed by atoms with Crippen molar-refractivity contribution in [1.82, 2.24) is 44.2 Å². The average molecular weight is 771 g/mol. The van der Waals surface area contributed by atoms with Gasteiger partial charge in [0.1, 0.15) is 53.5 Å². The number of hydrogen-bond donors (Lipinski definition) is 0. The van der Waals surface area contributed by atoms with Crippen LogP contribution in [0, 0.1) is 24.4 Å². The maximum absolute atomic E-state index is 15.6. The van der Waals surface area contributed by atoms with Gasteiger partial charge in [0, 0.05) is 63.0 Å². The van der Waals surface area contributed by atoms with Crippen molar-refractivity contribution in [1.29, 1.82) is 0 Å². The minimum Gasteiger partial charge on any atom is -0.485 e. The molecule has 7 heterocycles. The fraction of sp³-hybridized carbons (Fsp3) is 0.395. The minimum atomic E-state index is -0.899. The van der Waals surface area contributed by atoms with E-state index in [1.165, 1.54) is 29.3 Å².